The van der Waals surface area contributed by atoms with Crippen LogP contribution in [0.5, 0.6) is 11.5 Å². The van der Waals surface area contributed by atoms with Crippen LogP contribution in [0.4, 0.5) is 0 Å². The van der Waals surface area contributed by atoms with E-state index in [0.29, 0.717) is 17.1 Å². The molecule has 0 unspecified atom stereocenters. The van der Waals surface area contributed by atoms with Gasteiger partial charge in [-0.15, -0.1) is 0 Å². The van der Waals surface area contributed by atoms with E-state index in [1.165, 1.54) is 18.2 Å². The fourth-order valence-electron chi connectivity index (χ4n) is 1.91. The number of hydrogen-bond donors (Lipinski definition) is 0. The SMILES string of the molecule is COc1ccc(/C=C/C(=O)c2ccc(OCC(=O)[O-])cc2)cc1Br. The van der Waals surface area contributed by atoms with E-state index in [1.807, 2.05) is 12.1 Å². The van der Waals surface area contributed by atoms with Gasteiger partial charge < -0.3 is 19.4 Å². The molecule has 2 aromatic carbocycles. The molecule has 0 aliphatic carbocycles. The van der Waals surface area contributed by atoms with Crippen molar-refractivity contribution in [2.45, 2.75) is 0 Å². The molecule has 0 bridgehead atoms. The number of carboxylic acid groups (broad SMARTS) is 1. The van der Waals surface area contributed by atoms with Gasteiger partial charge in [-0.3, -0.25) is 4.79 Å². The number of carbonyl (C=O) groups excluding carboxylic acids is 2. The van der Waals surface area contributed by atoms with Gasteiger partial charge in [-0.25, -0.2) is 0 Å². The third-order valence-electron chi connectivity index (χ3n) is 3.10. The predicted molar refractivity (Wildman–Crippen MR) is 91.0 cm³/mol. The highest BCUT2D eigenvalue weighted by Gasteiger charge is 2.04. The Morgan fingerprint density at radius 3 is 2.46 bits per heavy atom. The monoisotopic (exact) mass is 389 g/mol. The summed E-state index contributed by atoms with van der Waals surface area (Å²) in [7, 11) is 1.58. The van der Waals surface area contributed by atoms with Gasteiger partial charge in [0.05, 0.1) is 17.6 Å². The highest BCUT2D eigenvalue weighted by atomic mass is 79.9. The Bertz CT molecular complexity index is 765. The molecule has 0 amide bonds. The molecule has 0 spiro atoms. The average Bonchev–Trinajstić information content (AvgIpc) is 2.58. The van der Waals surface area contributed by atoms with Crippen LogP contribution in [0.25, 0.3) is 6.08 Å². The van der Waals surface area contributed by atoms with Gasteiger partial charge in [0.15, 0.2) is 5.78 Å². The third kappa shape index (κ3) is 4.96. The minimum absolute atomic E-state index is 0.173. The Morgan fingerprint density at radius 2 is 1.88 bits per heavy atom. The van der Waals surface area contributed by atoms with Crippen LogP contribution in [0.3, 0.4) is 0 Å². The Labute approximate surface area is 147 Å². The van der Waals surface area contributed by atoms with Crippen molar-refractivity contribution in [1.82, 2.24) is 0 Å². The van der Waals surface area contributed by atoms with Crippen LogP contribution in [0.15, 0.2) is 53.0 Å². The largest absolute Gasteiger partial charge is 0.546 e. The molecular formula is C18H14BrO5-. The predicted octanol–water partition coefficient (Wildman–Crippen LogP) is 2.48. The van der Waals surface area contributed by atoms with Gasteiger partial charge in [-0.1, -0.05) is 12.1 Å². The molecule has 0 aliphatic heterocycles. The van der Waals surface area contributed by atoms with Gasteiger partial charge in [0, 0.05) is 5.56 Å². The van der Waals surface area contributed by atoms with Gasteiger partial charge in [0.25, 0.3) is 0 Å². The summed E-state index contributed by atoms with van der Waals surface area (Å²) < 4.78 is 10.9. The van der Waals surface area contributed by atoms with Crippen LogP contribution in [-0.2, 0) is 4.79 Å². The van der Waals surface area contributed by atoms with Crippen molar-refractivity contribution in [3.8, 4) is 11.5 Å². The Morgan fingerprint density at radius 1 is 1.17 bits per heavy atom. The van der Waals surface area contributed by atoms with E-state index >= 15 is 0 Å². The highest BCUT2D eigenvalue weighted by molar-refractivity contribution is 9.10. The van der Waals surface area contributed by atoms with Gasteiger partial charge in [-0.2, -0.15) is 0 Å². The fraction of sp³-hybridized carbons (Fsp3) is 0.111. The minimum atomic E-state index is -1.30. The number of ether oxygens (including phenoxy) is 2. The first-order valence-corrected chi connectivity index (χ1v) is 7.77. The van der Waals surface area contributed by atoms with Gasteiger partial charge in [-0.05, 0) is 64.0 Å². The molecule has 0 N–H and O–H groups in total. The van der Waals surface area contributed by atoms with Crippen molar-refractivity contribution < 1.29 is 24.2 Å². The lowest BCUT2D eigenvalue weighted by Crippen LogP contribution is -2.28. The minimum Gasteiger partial charge on any atom is -0.546 e. The fourth-order valence-corrected chi connectivity index (χ4v) is 2.47. The molecule has 2 rings (SSSR count). The standard InChI is InChI=1S/C18H15BrO5/c1-23-17-9-3-12(10-15(17)19)2-8-16(20)13-4-6-14(7-5-13)24-11-18(21)22/h2-10H,11H2,1H3,(H,21,22)/p-1/b8-2+. The summed E-state index contributed by atoms with van der Waals surface area (Å²) in [5.41, 5.74) is 1.32. The first kappa shape index (κ1) is 17.7. The van der Waals surface area contributed by atoms with Gasteiger partial charge >= 0.3 is 0 Å². The summed E-state index contributed by atoms with van der Waals surface area (Å²) >= 11 is 3.39. The number of methoxy groups -OCH3 is 1. The topological polar surface area (TPSA) is 75.7 Å². The molecule has 6 heteroatoms. The zero-order chi connectivity index (χ0) is 17.5. The summed E-state index contributed by atoms with van der Waals surface area (Å²) in [4.78, 5) is 22.5. The van der Waals surface area contributed by atoms with Gasteiger partial charge in [0.1, 0.15) is 18.1 Å². The van der Waals surface area contributed by atoms with Crippen molar-refractivity contribution in [3.05, 3.63) is 64.1 Å². The summed E-state index contributed by atoms with van der Waals surface area (Å²) in [5.74, 6) is -0.401. The number of halogens is 1. The number of carboxylic acids is 1. The zero-order valence-electron chi connectivity index (χ0n) is 12.8. The van der Waals surface area contributed by atoms with Crippen LogP contribution >= 0.6 is 15.9 Å². The lowest BCUT2D eigenvalue weighted by Gasteiger charge is -2.06. The second-order valence-electron chi connectivity index (χ2n) is 4.78. The van der Waals surface area contributed by atoms with Crippen molar-refractivity contribution in [2.75, 3.05) is 13.7 Å². The molecule has 0 radical (unpaired) electrons. The molecule has 0 fully saturated rings. The Balaban J connectivity index is 2.03. The second kappa shape index (κ2) is 8.31. The lowest BCUT2D eigenvalue weighted by atomic mass is 10.1. The first-order chi connectivity index (χ1) is 11.5. The number of hydrogen-bond acceptors (Lipinski definition) is 5. The average molecular weight is 390 g/mol. The molecule has 24 heavy (non-hydrogen) atoms. The molecule has 2 aromatic rings. The molecule has 0 aromatic heterocycles. The van der Waals surface area contributed by atoms with E-state index in [2.05, 4.69) is 15.9 Å². The number of carbonyl (C=O) groups is 2. The summed E-state index contributed by atoms with van der Waals surface area (Å²) in [5, 5.41) is 10.3. The molecule has 0 atom stereocenters. The Kier molecular flexibility index (Phi) is 6.14. The summed E-state index contributed by atoms with van der Waals surface area (Å²) in [6.45, 7) is -0.528. The number of aliphatic carboxylic acids is 1. The first-order valence-electron chi connectivity index (χ1n) is 6.98. The molecule has 0 saturated heterocycles. The molecule has 124 valence electrons. The maximum absolute atomic E-state index is 12.1. The maximum atomic E-state index is 12.1. The normalized spacial score (nSPS) is 10.6. The third-order valence-corrected chi connectivity index (χ3v) is 3.72. The Hall–Kier alpha value is -2.60. The maximum Gasteiger partial charge on any atom is 0.185 e. The number of rotatable bonds is 7. The van der Waals surface area contributed by atoms with Crippen LogP contribution in [0.2, 0.25) is 0 Å². The van der Waals surface area contributed by atoms with Crippen molar-refractivity contribution in [3.63, 3.8) is 0 Å². The van der Waals surface area contributed by atoms with E-state index in [9.17, 15) is 14.7 Å². The quantitative estimate of drug-likeness (QED) is 0.537. The zero-order valence-corrected chi connectivity index (χ0v) is 14.4. The van der Waals surface area contributed by atoms with Crippen molar-refractivity contribution in [2.24, 2.45) is 0 Å². The number of benzene rings is 2. The molecule has 0 aliphatic rings. The highest BCUT2D eigenvalue weighted by Crippen LogP contribution is 2.26. The number of allylic oxidation sites excluding steroid dienone is 1. The van der Waals surface area contributed by atoms with E-state index in [1.54, 1.807) is 31.4 Å². The lowest BCUT2D eigenvalue weighted by molar-refractivity contribution is -0.307. The smallest absolute Gasteiger partial charge is 0.185 e. The van der Waals surface area contributed by atoms with Crippen LogP contribution in [-0.4, -0.2) is 25.5 Å². The van der Waals surface area contributed by atoms with Gasteiger partial charge in [0.2, 0.25) is 0 Å². The second-order valence-corrected chi connectivity index (χ2v) is 5.63. The van der Waals surface area contributed by atoms with Crippen molar-refractivity contribution in [1.29, 1.82) is 0 Å². The number of ketones is 1. The molecule has 5 nitrogen and oxygen atoms in total. The van der Waals surface area contributed by atoms with Crippen LogP contribution < -0.4 is 14.6 Å². The van der Waals surface area contributed by atoms with E-state index in [-0.39, 0.29) is 5.78 Å². The van der Waals surface area contributed by atoms with E-state index in [4.69, 9.17) is 9.47 Å². The van der Waals surface area contributed by atoms with Crippen LogP contribution in [0.1, 0.15) is 15.9 Å². The molecular weight excluding hydrogens is 376 g/mol. The van der Waals surface area contributed by atoms with E-state index < -0.39 is 12.6 Å². The van der Waals surface area contributed by atoms with Crippen LogP contribution in [0, 0.1) is 0 Å². The van der Waals surface area contributed by atoms with Crippen molar-refractivity contribution >= 4 is 33.8 Å². The van der Waals surface area contributed by atoms with E-state index in [0.717, 1.165) is 10.0 Å². The molecule has 0 heterocycles. The summed E-state index contributed by atoms with van der Waals surface area (Å²) in [6, 6.07) is 11.7. The summed E-state index contributed by atoms with van der Waals surface area (Å²) in [6.07, 6.45) is 3.17. The molecule has 0 saturated carbocycles.